The van der Waals surface area contributed by atoms with E-state index < -0.39 is 0 Å². The second kappa shape index (κ2) is 11.5. The molecule has 0 atom stereocenters. The van der Waals surface area contributed by atoms with Gasteiger partial charge in [0.2, 0.25) is 0 Å². The largest absolute Gasteiger partial charge is 0.384 e. The quantitative estimate of drug-likeness (QED) is 0.595. The number of ether oxygens (including phenoxy) is 3. The molecular formula is C21H40O3. The number of methoxy groups -OCH3 is 2. The average molecular weight is 341 g/mol. The summed E-state index contributed by atoms with van der Waals surface area (Å²) in [7, 11) is 3.64. The van der Waals surface area contributed by atoms with Gasteiger partial charge in [-0.25, -0.2) is 0 Å². The Hall–Kier alpha value is -0.120. The smallest absolute Gasteiger partial charge is 0.0575 e. The molecule has 0 aromatic rings. The fourth-order valence-corrected chi connectivity index (χ4v) is 4.81. The van der Waals surface area contributed by atoms with Crippen LogP contribution in [-0.2, 0) is 14.2 Å². The molecule has 142 valence electrons. The van der Waals surface area contributed by atoms with E-state index in [1.807, 2.05) is 14.2 Å². The van der Waals surface area contributed by atoms with Crippen molar-refractivity contribution in [3.05, 3.63) is 0 Å². The van der Waals surface area contributed by atoms with Gasteiger partial charge in [-0.1, -0.05) is 57.8 Å². The normalized spacial score (nSPS) is 22.8. The molecule has 3 nitrogen and oxygen atoms in total. The third-order valence-corrected chi connectivity index (χ3v) is 6.24. The zero-order valence-corrected chi connectivity index (χ0v) is 16.2. The Morgan fingerprint density at radius 2 is 1.08 bits per heavy atom. The van der Waals surface area contributed by atoms with Crippen LogP contribution in [0.15, 0.2) is 0 Å². The molecule has 2 aliphatic rings. The molecule has 2 fully saturated rings. The lowest BCUT2D eigenvalue weighted by Crippen LogP contribution is -2.43. The molecule has 0 spiro atoms. The maximum absolute atomic E-state index is 6.54. The summed E-state index contributed by atoms with van der Waals surface area (Å²) >= 11 is 0. The lowest BCUT2D eigenvalue weighted by molar-refractivity contribution is -0.103. The van der Waals surface area contributed by atoms with Crippen LogP contribution < -0.4 is 0 Å². The maximum Gasteiger partial charge on any atom is 0.0575 e. The van der Waals surface area contributed by atoms with Crippen LogP contribution in [0.3, 0.4) is 0 Å². The van der Waals surface area contributed by atoms with Gasteiger partial charge in [-0.05, 0) is 31.6 Å². The highest BCUT2D eigenvalue weighted by Crippen LogP contribution is 2.41. The topological polar surface area (TPSA) is 27.7 Å². The van der Waals surface area contributed by atoms with Crippen LogP contribution in [0.2, 0.25) is 0 Å². The highest BCUT2D eigenvalue weighted by molar-refractivity contribution is 4.89. The molecule has 2 aliphatic carbocycles. The van der Waals surface area contributed by atoms with Gasteiger partial charge in [-0.15, -0.1) is 0 Å². The summed E-state index contributed by atoms with van der Waals surface area (Å²) in [6.07, 6.45) is 17.9. The third-order valence-electron chi connectivity index (χ3n) is 6.24. The second-order valence-electron chi connectivity index (χ2n) is 8.20. The molecule has 0 saturated heterocycles. The number of hydrogen-bond acceptors (Lipinski definition) is 3. The first-order chi connectivity index (χ1) is 11.8. The van der Waals surface area contributed by atoms with Crippen LogP contribution in [0, 0.1) is 11.3 Å². The zero-order chi connectivity index (χ0) is 17.1. The minimum Gasteiger partial charge on any atom is -0.384 e. The van der Waals surface area contributed by atoms with Crippen LogP contribution in [0.25, 0.3) is 0 Å². The van der Waals surface area contributed by atoms with Gasteiger partial charge in [-0.2, -0.15) is 0 Å². The van der Waals surface area contributed by atoms with E-state index in [4.69, 9.17) is 14.2 Å². The Kier molecular flexibility index (Phi) is 9.67. The summed E-state index contributed by atoms with van der Waals surface area (Å²) in [6, 6.07) is 0. The molecule has 24 heavy (non-hydrogen) atoms. The van der Waals surface area contributed by atoms with Crippen LogP contribution in [0.4, 0.5) is 0 Å². The van der Waals surface area contributed by atoms with E-state index in [9.17, 15) is 0 Å². The van der Waals surface area contributed by atoms with E-state index in [0.717, 1.165) is 19.8 Å². The summed E-state index contributed by atoms with van der Waals surface area (Å²) in [5, 5.41) is 0. The fraction of sp³-hybridized carbons (Fsp3) is 1.00. The van der Waals surface area contributed by atoms with Crippen molar-refractivity contribution in [2.24, 2.45) is 11.3 Å². The summed E-state index contributed by atoms with van der Waals surface area (Å²) in [5.41, 5.74) is 0.0509. The number of rotatable bonds is 8. The molecule has 0 amide bonds. The zero-order valence-electron chi connectivity index (χ0n) is 16.2. The second-order valence-corrected chi connectivity index (χ2v) is 8.20. The van der Waals surface area contributed by atoms with Gasteiger partial charge in [-0.3, -0.25) is 0 Å². The van der Waals surface area contributed by atoms with E-state index in [1.54, 1.807) is 0 Å². The van der Waals surface area contributed by atoms with Crippen LogP contribution in [-0.4, -0.2) is 40.1 Å². The van der Waals surface area contributed by atoms with Crippen molar-refractivity contribution in [2.75, 3.05) is 34.0 Å². The minimum absolute atomic E-state index is 0.0509. The molecule has 0 unspecified atom stereocenters. The van der Waals surface area contributed by atoms with Crippen molar-refractivity contribution in [3.8, 4) is 0 Å². The van der Waals surface area contributed by atoms with E-state index >= 15 is 0 Å². The molecule has 0 N–H and O–H groups in total. The Bertz CT molecular complexity index is 296. The van der Waals surface area contributed by atoms with Crippen molar-refractivity contribution in [1.82, 2.24) is 0 Å². The van der Waals surface area contributed by atoms with Crippen LogP contribution >= 0.6 is 0 Å². The van der Waals surface area contributed by atoms with Gasteiger partial charge in [0.1, 0.15) is 0 Å². The first-order valence-electron chi connectivity index (χ1n) is 10.4. The molecular weight excluding hydrogens is 300 g/mol. The van der Waals surface area contributed by atoms with Gasteiger partial charge in [0, 0.05) is 19.6 Å². The van der Waals surface area contributed by atoms with Gasteiger partial charge in [0.15, 0.2) is 0 Å². The number of hydrogen-bond donors (Lipinski definition) is 0. The lowest BCUT2D eigenvalue weighted by atomic mass is 9.76. The van der Waals surface area contributed by atoms with Gasteiger partial charge < -0.3 is 14.2 Å². The molecule has 2 saturated carbocycles. The molecule has 0 aromatic heterocycles. The molecule has 0 aliphatic heterocycles. The Balaban J connectivity index is 1.93. The Morgan fingerprint density at radius 3 is 1.58 bits per heavy atom. The highest BCUT2D eigenvalue weighted by Gasteiger charge is 2.41. The van der Waals surface area contributed by atoms with Gasteiger partial charge >= 0.3 is 0 Å². The highest BCUT2D eigenvalue weighted by atomic mass is 16.5. The fourth-order valence-electron chi connectivity index (χ4n) is 4.81. The SMILES string of the molecule is COCC(COC)(COC1CCCCCCCCC1)C1CCCC1. The first-order valence-corrected chi connectivity index (χ1v) is 10.4. The Labute approximate surface area is 149 Å². The van der Waals surface area contributed by atoms with Gasteiger partial charge in [0.25, 0.3) is 0 Å². The predicted molar refractivity (Wildman–Crippen MR) is 99.4 cm³/mol. The molecule has 0 heterocycles. The average Bonchev–Trinajstić information content (AvgIpc) is 3.13. The molecule has 0 radical (unpaired) electrons. The molecule has 0 aromatic carbocycles. The lowest BCUT2D eigenvalue weighted by Gasteiger charge is -2.39. The van der Waals surface area contributed by atoms with Crippen molar-refractivity contribution in [3.63, 3.8) is 0 Å². The first kappa shape index (κ1) is 20.2. The van der Waals surface area contributed by atoms with Crippen molar-refractivity contribution in [1.29, 1.82) is 0 Å². The third kappa shape index (κ3) is 6.31. The van der Waals surface area contributed by atoms with Crippen molar-refractivity contribution >= 4 is 0 Å². The van der Waals surface area contributed by atoms with E-state index in [0.29, 0.717) is 12.0 Å². The predicted octanol–water partition coefficient (Wildman–Crippen LogP) is 5.37. The summed E-state index contributed by atoms with van der Waals surface area (Å²) in [5.74, 6) is 0.692. The molecule has 0 bridgehead atoms. The van der Waals surface area contributed by atoms with E-state index in [1.165, 1.54) is 83.5 Å². The van der Waals surface area contributed by atoms with Crippen molar-refractivity contribution < 1.29 is 14.2 Å². The minimum atomic E-state index is 0.0509. The van der Waals surface area contributed by atoms with Crippen LogP contribution in [0.5, 0.6) is 0 Å². The summed E-state index contributed by atoms with van der Waals surface area (Å²) < 4.78 is 17.8. The van der Waals surface area contributed by atoms with Crippen molar-refractivity contribution in [2.45, 2.75) is 89.6 Å². The van der Waals surface area contributed by atoms with Crippen LogP contribution in [0.1, 0.15) is 83.5 Å². The maximum atomic E-state index is 6.54. The monoisotopic (exact) mass is 340 g/mol. The van der Waals surface area contributed by atoms with E-state index in [2.05, 4.69) is 0 Å². The molecule has 2 rings (SSSR count). The van der Waals surface area contributed by atoms with Gasteiger partial charge in [0.05, 0.1) is 25.9 Å². The summed E-state index contributed by atoms with van der Waals surface area (Å²) in [4.78, 5) is 0. The Morgan fingerprint density at radius 1 is 0.625 bits per heavy atom. The summed E-state index contributed by atoms with van der Waals surface area (Å²) in [6.45, 7) is 2.33. The van der Waals surface area contributed by atoms with E-state index in [-0.39, 0.29) is 5.41 Å². The molecule has 3 heteroatoms. The standard InChI is InChI=1S/C21H40O3/c1-22-16-21(17-23-2,19-12-10-11-13-19)18-24-20-14-8-6-4-3-5-7-9-15-20/h19-20H,3-18H2,1-2H3.